The van der Waals surface area contributed by atoms with Crippen LogP contribution in [0.15, 0.2) is 48.5 Å². The number of amides is 2. The number of ether oxygens (including phenoxy) is 1. The molecule has 0 radical (unpaired) electrons. The number of primary amides is 1. The van der Waals surface area contributed by atoms with Crippen molar-refractivity contribution in [3.8, 4) is 0 Å². The second-order valence-electron chi connectivity index (χ2n) is 6.93. The normalized spacial score (nSPS) is 15.5. The van der Waals surface area contributed by atoms with Gasteiger partial charge in [0.15, 0.2) is 0 Å². The number of fused-ring (bicyclic) bond motifs is 1. The third-order valence-electron chi connectivity index (χ3n) is 4.81. The Morgan fingerprint density at radius 2 is 1.93 bits per heavy atom. The first-order chi connectivity index (χ1) is 13.5. The van der Waals surface area contributed by atoms with Gasteiger partial charge in [0.2, 0.25) is 5.91 Å². The molecule has 1 heterocycles. The number of carbonyl (C=O) groups is 3. The van der Waals surface area contributed by atoms with E-state index in [0.717, 1.165) is 24.0 Å². The molecule has 0 spiro atoms. The molecule has 6 heteroatoms. The van der Waals surface area contributed by atoms with Crippen LogP contribution in [0.5, 0.6) is 0 Å². The maximum Gasteiger partial charge on any atom is 0.339 e. The molecule has 2 N–H and O–H groups in total. The van der Waals surface area contributed by atoms with Crippen LogP contribution in [0.3, 0.4) is 0 Å². The highest BCUT2D eigenvalue weighted by atomic mass is 16.5. The van der Waals surface area contributed by atoms with Crippen LogP contribution in [0.1, 0.15) is 57.7 Å². The predicted molar refractivity (Wildman–Crippen MR) is 105 cm³/mol. The van der Waals surface area contributed by atoms with Crippen LogP contribution in [-0.2, 0) is 16.0 Å². The number of hydrogen-bond donors (Lipinski definition) is 1. The molecule has 1 atom stereocenters. The van der Waals surface area contributed by atoms with Crippen LogP contribution < -0.4 is 5.73 Å². The number of cyclic esters (lactones) is 1. The SMILES string of the molecule is CCCCN(CC(N)=O)C(=O)c1ccc2c(c1)CC(c1ccccc1)OC2=O. The van der Waals surface area contributed by atoms with E-state index >= 15 is 0 Å². The van der Waals surface area contributed by atoms with Crippen molar-refractivity contribution in [3.63, 3.8) is 0 Å². The maximum absolute atomic E-state index is 12.9. The van der Waals surface area contributed by atoms with Crippen molar-refractivity contribution in [2.75, 3.05) is 13.1 Å². The van der Waals surface area contributed by atoms with Crippen LogP contribution in [0, 0.1) is 0 Å². The Bertz CT molecular complexity index is 879. The molecule has 3 rings (SSSR count). The number of unbranched alkanes of at least 4 members (excludes halogenated alkanes) is 1. The summed E-state index contributed by atoms with van der Waals surface area (Å²) in [4.78, 5) is 38.1. The fourth-order valence-electron chi connectivity index (χ4n) is 3.35. The third-order valence-corrected chi connectivity index (χ3v) is 4.81. The highest BCUT2D eigenvalue weighted by Gasteiger charge is 2.29. The molecule has 2 aromatic carbocycles. The average molecular weight is 380 g/mol. The summed E-state index contributed by atoms with van der Waals surface area (Å²) in [5, 5.41) is 0. The topological polar surface area (TPSA) is 89.7 Å². The van der Waals surface area contributed by atoms with Gasteiger partial charge in [-0.05, 0) is 35.7 Å². The van der Waals surface area contributed by atoms with Gasteiger partial charge in [-0.3, -0.25) is 9.59 Å². The standard InChI is InChI=1S/C22H24N2O4/c1-2-3-11-24(14-20(23)25)21(26)16-9-10-18-17(12-16)13-19(28-22(18)27)15-7-5-4-6-8-15/h4-10,12,19H,2-3,11,13-14H2,1H3,(H2,23,25). The Morgan fingerprint density at radius 3 is 2.61 bits per heavy atom. The Hall–Kier alpha value is -3.15. The van der Waals surface area contributed by atoms with Crippen LogP contribution in [0.4, 0.5) is 0 Å². The van der Waals surface area contributed by atoms with E-state index in [-0.39, 0.29) is 18.6 Å². The summed E-state index contributed by atoms with van der Waals surface area (Å²) in [6.45, 7) is 2.36. The molecule has 1 aliphatic rings. The molecular weight excluding hydrogens is 356 g/mol. The molecule has 2 aromatic rings. The van der Waals surface area contributed by atoms with E-state index in [4.69, 9.17) is 10.5 Å². The summed E-state index contributed by atoms with van der Waals surface area (Å²) in [6.07, 6.45) is 1.80. The largest absolute Gasteiger partial charge is 0.454 e. The zero-order valence-electron chi connectivity index (χ0n) is 15.9. The third kappa shape index (κ3) is 4.39. The summed E-state index contributed by atoms with van der Waals surface area (Å²) in [5.74, 6) is -1.20. The summed E-state index contributed by atoms with van der Waals surface area (Å²) in [5.41, 5.74) is 7.89. The molecule has 1 unspecified atom stereocenters. The van der Waals surface area contributed by atoms with Gasteiger partial charge in [0.05, 0.1) is 12.1 Å². The van der Waals surface area contributed by atoms with E-state index in [1.165, 1.54) is 4.90 Å². The van der Waals surface area contributed by atoms with Gasteiger partial charge >= 0.3 is 5.97 Å². The molecule has 6 nitrogen and oxygen atoms in total. The van der Waals surface area contributed by atoms with Crippen molar-refractivity contribution in [2.45, 2.75) is 32.3 Å². The minimum Gasteiger partial charge on any atom is -0.454 e. The molecule has 0 saturated carbocycles. The van der Waals surface area contributed by atoms with E-state index in [0.29, 0.717) is 24.1 Å². The molecule has 2 amide bonds. The molecule has 0 aromatic heterocycles. The highest BCUT2D eigenvalue weighted by Crippen LogP contribution is 2.31. The van der Waals surface area contributed by atoms with Gasteiger partial charge in [-0.2, -0.15) is 0 Å². The van der Waals surface area contributed by atoms with Crippen molar-refractivity contribution in [3.05, 3.63) is 70.8 Å². The predicted octanol–water partition coefficient (Wildman–Crippen LogP) is 2.87. The number of nitrogens with zero attached hydrogens (tertiary/aromatic N) is 1. The number of esters is 1. The summed E-state index contributed by atoms with van der Waals surface area (Å²) in [6, 6.07) is 14.5. The number of rotatable bonds is 7. The van der Waals surface area contributed by atoms with Gasteiger partial charge in [0.25, 0.3) is 5.91 Å². The Kier molecular flexibility index (Phi) is 6.09. The minimum absolute atomic E-state index is 0.120. The molecule has 0 bridgehead atoms. The molecular formula is C22H24N2O4. The molecule has 28 heavy (non-hydrogen) atoms. The van der Waals surface area contributed by atoms with E-state index < -0.39 is 11.9 Å². The fourth-order valence-corrected chi connectivity index (χ4v) is 3.35. The lowest BCUT2D eigenvalue weighted by Gasteiger charge is -2.26. The lowest BCUT2D eigenvalue weighted by molar-refractivity contribution is -0.118. The van der Waals surface area contributed by atoms with Crippen LogP contribution in [0.2, 0.25) is 0 Å². The molecule has 0 aliphatic carbocycles. The van der Waals surface area contributed by atoms with E-state index in [1.807, 2.05) is 37.3 Å². The van der Waals surface area contributed by atoms with Crippen LogP contribution in [0.25, 0.3) is 0 Å². The van der Waals surface area contributed by atoms with E-state index in [2.05, 4.69) is 0 Å². The van der Waals surface area contributed by atoms with Gasteiger partial charge < -0.3 is 15.4 Å². The molecule has 0 saturated heterocycles. The number of nitrogens with two attached hydrogens (primary N) is 1. The van der Waals surface area contributed by atoms with Crippen molar-refractivity contribution < 1.29 is 19.1 Å². The minimum atomic E-state index is -0.546. The monoisotopic (exact) mass is 380 g/mol. The lowest BCUT2D eigenvalue weighted by atomic mass is 9.93. The Balaban J connectivity index is 1.86. The quantitative estimate of drug-likeness (QED) is 0.748. The smallest absolute Gasteiger partial charge is 0.339 e. The Labute approximate surface area is 164 Å². The summed E-state index contributed by atoms with van der Waals surface area (Å²) in [7, 11) is 0. The average Bonchev–Trinajstić information content (AvgIpc) is 2.70. The molecule has 1 aliphatic heterocycles. The van der Waals surface area contributed by atoms with Crippen molar-refractivity contribution >= 4 is 17.8 Å². The lowest BCUT2D eigenvalue weighted by Crippen LogP contribution is -2.39. The van der Waals surface area contributed by atoms with Crippen LogP contribution in [-0.4, -0.2) is 35.8 Å². The van der Waals surface area contributed by atoms with E-state index in [1.54, 1.807) is 18.2 Å². The molecule has 0 fully saturated rings. The van der Waals surface area contributed by atoms with Crippen molar-refractivity contribution in [1.29, 1.82) is 0 Å². The van der Waals surface area contributed by atoms with E-state index in [9.17, 15) is 14.4 Å². The fraction of sp³-hybridized carbons (Fsp3) is 0.318. The van der Waals surface area contributed by atoms with Gasteiger partial charge in [-0.15, -0.1) is 0 Å². The first-order valence-electron chi connectivity index (χ1n) is 9.46. The van der Waals surface area contributed by atoms with Crippen LogP contribution >= 0.6 is 0 Å². The number of hydrogen-bond acceptors (Lipinski definition) is 4. The van der Waals surface area contributed by atoms with Gasteiger partial charge in [-0.1, -0.05) is 43.7 Å². The first-order valence-corrected chi connectivity index (χ1v) is 9.46. The van der Waals surface area contributed by atoms with Gasteiger partial charge in [0.1, 0.15) is 6.10 Å². The van der Waals surface area contributed by atoms with Crippen molar-refractivity contribution in [2.24, 2.45) is 5.73 Å². The second kappa shape index (κ2) is 8.69. The Morgan fingerprint density at radius 1 is 1.18 bits per heavy atom. The maximum atomic E-state index is 12.9. The number of carbonyl (C=O) groups excluding carboxylic acids is 3. The van der Waals surface area contributed by atoms with Gasteiger partial charge in [0, 0.05) is 18.5 Å². The second-order valence-corrected chi connectivity index (χ2v) is 6.93. The van der Waals surface area contributed by atoms with Gasteiger partial charge in [-0.25, -0.2) is 4.79 Å². The van der Waals surface area contributed by atoms with Crippen molar-refractivity contribution in [1.82, 2.24) is 4.90 Å². The zero-order chi connectivity index (χ0) is 20.1. The summed E-state index contributed by atoms with van der Waals surface area (Å²) < 4.78 is 5.56. The first kappa shape index (κ1) is 19.6. The summed E-state index contributed by atoms with van der Waals surface area (Å²) >= 11 is 0. The zero-order valence-corrected chi connectivity index (χ0v) is 15.9. The highest BCUT2D eigenvalue weighted by molar-refractivity contribution is 5.99. The number of benzene rings is 2. The molecule has 146 valence electrons.